The Morgan fingerprint density at radius 3 is 2.29 bits per heavy atom. The Bertz CT molecular complexity index is 1310. The van der Waals surface area contributed by atoms with Crippen molar-refractivity contribution < 1.29 is 49.5 Å². The Labute approximate surface area is 239 Å². The maximum Gasteiger partial charge on any atom is -1.00 e. The molecule has 2 bridgehead atoms. The minimum atomic E-state index is -1.11. The predicted octanol–water partition coefficient (Wildman–Crippen LogP) is 2.26. The molecule has 1 nitrogen and oxygen atoms in total. The van der Waals surface area contributed by atoms with Gasteiger partial charge in [0, 0.05) is 23.6 Å². The van der Waals surface area contributed by atoms with E-state index in [2.05, 4.69) is 94.3 Å². The van der Waals surface area contributed by atoms with Crippen LogP contribution in [0.4, 0.5) is 0 Å². The summed E-state index contributed by atoms with van der Waals surface area (Å²) in [5, 5.41) is 3.31. The van der Waals surface area contributed by atoms with Crippen molar-refractivity contribution in [1.82, 2.24) is 0 Å². The Hall–Kier alpha value is -1.25. The van der Waals surface area contributed by atoms with Gasteiger partial charge in [-0.05, 0) is 17.3 Å². The molecule has 0 N–H and O–H groups in total. The molecule has 179 valence electrons. The van der Waals surface area contributed by atoms with Crippen molar-refractivity contribution in [1.29, 1.82) is 0 Å². The quantitative estimate of drug-likeness (QED) is 0.483. The van der Waals surface area contributed by atoms with Crippen LogP contribution >= 0.6 is 0 Å². The first-order valence-electron chi connectivity index (χ1n) is 12.1. The summed E-state index contributed by atoms with van der Waals surface area (Å²) >= 11 is 1.59. The Morgan fingerprint density at radius 2 is 1.69 bits per heavy atom. The van der Waals surface area contributed by atoms with Crippen molar-refractivity contribution >= 4 is 20.4 Å². The molecule has 0 aromatic heterocycles. The molecular weight excluding hydrogens is 565 g/mol. The summed E-state index contributed by atoms with van der Waals surface area (Å²) in [6, 6.07) is 15.9. The first-order valence-corrected chi connectivity index (χ1v) is 16.5. The van der Waals surface area contributed by atoms with Gasteiger partial charge in [0.05, 0.1) is 0 Å². The molecular formula is C30H32Cl2NSiZr. The normalized spacial score (nSPS) is 20.5. The minimum Gasteiger partial charge on any atom is -1.00 e. The number of halogens is 2. The molecule has 0 saturated heterocycles. The number of rotatable bonds is 3. The molecule has 0 saturated carbocycles. The molecule has 0 spiro atoms. The summed E-state index contributed by atoms with van der Waals surface area (Å²) in [6.45, 7) is 13.9. The van der Waals surface area contributed by atoms with E-state index in [0.717, 1.165) is 0 Å². The van der Waals surface area contributed by atoms with E-state index in [1.54, 1.807) is 40.7 Å². The molecule has 2 atom stereocenters. The third-order valence-corrected chi connectivity index (χ3v) is 13.6. The maximum absolute atomic E-state index is 4.19. The SMILES string of the molecule is CC1=C2C3=CN=CC3=C1[Si]2(C)C.CCC(C)c1ccc(-c2cccc3c2C=C(C)[CH]3[Zr+2])cc1.[Cl-].[Cl-]. The molecule has 5 heteroatoms. The smallest absolute Gasteiger partial charge is 1.00 e. The van der Waals surface area contributed by atoms with Crippen LogP contribution in [0.15, 0.2) is 86.3 Å². The molecule has 2 unspecified atom stereocenters. The predicted molar refractivity (Wildman–Crippen MR) is 141 cm³/mol. The van der Waals surface area contributed by atoms with Crippen LogP contribution in [-0.2, 0) is 24.7 Å². The summed E-state index contributed by atoms with van der Waals surface area (Å²) in [5.74, 6) is 0.645. The van der Waals surface area contributed by atoms with E-state index >= 15 is 0 Å². The van der Waals surface area contributed by atoms with E-state index in [9.17, 15) is 0 Å². The summed E-state index contributed by atoms with van der Waals surface area (Å²) in [7, 11) is -1.11. The largest absolute Gasteiger partial charge is 1.00 e. The number of aliphatic imine (C=N–C) groups is 1. The first-order chi connectivity index (χ1) is 15.8. The van der Waals surface area contributed by atoms with Gasteiger partial charge in [-0.25, -0.2) is 0 Å². The van der Waals surface area contributed by atoms with Crippen LogP contribution < -0.4 is 24.8 Å². The summed E-state index contributed by atoms with van der Waals surface area (Å²) in [4.78, 5) is 4.19. The number of allylic oxidation sites excluding steroid dienone is 6. The van der Waals surface area contributed by atoms with Gasteiger partial charge in [0.15, 0.2) is 0 Å². The monoisotopic (exact) mass is 594 g/mol. The number of hydrogen-bond donors (Lipinski definition) is 0. The third-order valence-electron chi connectivity index (χ3n) is 7.92. The van der Waals surface area contributed by atoms with Crippen LogP contribution in [0, 0.1) is 0 Å². The fourth-order valence-electron chi connectivity index (χ4n) is 5.96. The molecule has 7 rings (SSSR count). The van der Waals surface area contributed by atoms with Crippen molar-refractivity contribution in [2.24, 2.45) is 4.99 Å². The minimum absolute atomic E-state index is 0. The molecule has 0 amide bonds. The zero-order chi connectivity index (χ0) is 23.5. The van der Waals surface area contributed by atoms with Gasteiger partial charge in [0.2, 0.25) is 0 Å². The summed E-state index contributed by atoms with van der Waals surface area (Å²) in [5.41, 5.74) is 13.1. The molecule has 3 aliphatic heterocycles. The fraction of sp³-hybridized carbons (Fsp3) is 0.300. The second-order valence-corrected chi connectivity index (χ2v) is 16.0. The zero-order valence-electron chi connectivity index (χ0n) is 21.3. The van der Waals surface area contributed by atoms with E-state index in [0.29, 0.717) is 9.54 Å². The second-order valence-electron chi connectivity index (χ2n) is 10.3. The van der Waals surface area contributed by atoms with Gasteiger partial charge < -0.3 is 24.8 Å². The van der Waals surface area contributed by atoms with Crippen LogP contribution in [0.2, 0.25) is 13.1 Å². The van der Waals surface area contributed by atoms with Gasteiger partial charge >= 0.3 is 143 Å². The van der Waals surface area contributed by atoms with Crippen molar-refractivity contribution in [3.05, 3.63) is 98.0 Å². The first kappa shape index (κ1) is 28.3. The van der Waals surface area contributed by atoms with Crippen molar-refractivity contribution in [3.63, 3.8) is 0 Å². The average Bonchev–Trinajstić information content (AvgIpc) is 3.50. The van der Waals surface area contributed by atoms with Crippen LogP contribution in [0.3, 0.4) is 0 Å². The van der Waals surface area contributed by atoms with E-state index in [1.165, 1.54) is 51.0 Å². The van der Waals surface area contributed by atoms with Crippen LogP contribution in [0.25, 0.3) is 17.2 Å². The van der Waals surface area contributed by atoms with Crippen LogP contribution in [0.1, 0.15) is 60.3 Å². The molecule has 0 radical (unpaired) electrons. The van der Waals surface area contributed by atoms with E-state index in [-0.39, 0.29) is 24.8 Å². The number of hydrogen-bond acceptors (Lipinski definition) is 1. The molecule has 2 aromatic rings. The van der Waals surface area contributed by atoms with Crippen LogP contribution in [0.5, 0.6) is 0 Å². The maximum atomic E-state index is 4.19. The van der Waals surface area contributed by atoms with Gasteiger partial charge in [-0.1, -0.05) is 18.7 Å². The molecule has 5 aliphatic rings. The van der Waals surface area contributed by atoms with Crippen molar-refractivity contribution in [2.75, 3.05) is 0 Å². The van der Waals surface area contributed by atoms with Gasteiger partial charge in [-0.2, -0.15) is 0 Å². The van der Waals surface area contributed by atoms with Gasteiger partial charge in [-0.15, -0.1) is 0 Å². The Morgan fingerprint density at radius 1 is 1.00 bits per heavy atom. The molecule has 2 aromatic carbocycles. The average molecular weight is 597 g/mol. The van der Waals surface area contributed by atoms with Crippen molar-refractivity contribution in [3.8, 4) is 11.1 Å². The fourth-order valence-corrected chi connectivity index (χ4v) is 10.7. The molecule has 3 heterocycles. The van der Waals surface area contributed by atoms with Crippen LogP contribution in [-0.4, -0.2) is 14.3 Å². The summed E-state index contributed by atoms with van der Waals surface area (Å²) in [6.07, 6.45) is 7.64. The third kappa shape index (κ3) is 4.52. The second kappa shape index (κ2) is 10.6. The van der Waals surface area contributed by atoms with Crippen molar-refractivity contribution in [2.45, 2.75) is 56.8 Å². The van der Waals surface area contributed by atoms with E-state index in [4.69, 9.17) is 0 Å². The topological polar surface area (TPSA) is 12.4 Å². The molecule has 0 fully saturated rings. The van der Waals surface area contributed by atoms with E-state index < -0.39 is 8.07 Å². The zero-order valence-corrected chi connectivity index (χ0v) is 26.3. The standard InChI is InChI=1S/C20H21.C10H11NSi.2ClH.Zr/c1-4-15(3)16-8-10-17(11-9-16)19-7-5-6-18-12-14(2)13-20(18)19;1-6-9-7-4-11-5-8(7)10(6)12(9,2)3;;;/h5-13,15H,4H2,1-3H3;4-5H,1-3H3;2*1H;/q;;;;+2/p-2. The Balaban J connectivity index is 0.000000208. The van der Waals surface area contributed by atoms with Gasteiger partial charge in [0.1, 0.15) is 8.07 Å². The number of benzene rings is 2. The molecule has 2 aliphatic carbocycles. The molecule has 35 heavy (non-hydrogen) atoms. The van der Waals surface area contributed by atoms with Gasteiger partial charge in [-0.3, -0.25) is 4.99 Å². The van der Waals surface area contributed by atoms with E-state index in [1.807, 2.05) is 12.4 Å². The summed E-state index contributed by atoms with van der Waals surface area (Å²) < 4.78 is 0.645. The number of nitrogens with zero attached hydrogens (tertiary/aromatic N) is 1. The van der Waals surface area contributed by atoms with Gasteiger partial charge in [0.25, 0.3) is 0 Å². The number of fused-ring (bicyclic) bond motifs is 1. The Kier molecular flexibility index (Phi) is 8.60.